The number of hydrogen-bond acceptors (Lipinski definition) is 5. The molecule has 6 nitrogen and oxygen atoms in total. The van der Waals surface area contributed by atoms with E-state index in [0.717, 1.165) is 15.6 Å². The minimum absolute atomic E-state index is 0.0513. The Kier molecular flexibility index (Phi) is 5.29. The van der Waals surface area contributed by atoms with Gasteiger partial charge in [-0.25, -0.2) is 0 Å². The summed E-state index contributed by atoms with van der Waals surface area (Å²) < 4.78 is 6.55. The predicted molar refractivity (Wildman–Crippen MR) is 118 cm³/mol. The average molecular weight is 435 g/mol. The normalized spacial score (nSPS) is 21.3. The summed E-state index contributed by atoms with van der Waals surface area (Å²) in [6, 6.07) is 16.0. The first kappa shape index (κ1) is 19.9. The Labute approximate surface area is 183 Å². The highest BCUT2D eigenvalue weighted by atomic mass is 32.1. The first-order chi connectivity index (χ1) is 15.1. The number of Topliss-reactive ketones (excluding diaryl/α,β-unsaturated/α-hetero) is 1. The Hall–Kier alpha value is -3.03. The van der Waals surface area contributed by atoms with E-state index < -0.39 is 12.1 Å². The van der Waals surface area contributed by atoms with Gasteiger partial charge in [0.15, 0.2) is 5.78 Å². The minimum atomic E-state index is -0.763. The van der Waals surface area contributed by atoms with Crippen LogP contribution in [0.25, 0.3) is 10.1 Å². The third-order valence-corrected chi connectivity index (χ3v) is 6.97. The highest BCUT2D eigenvalue weighted by Crippen LogP contribution is 2.29. The van der Waals surface area contributed by atoms with Crippen LogP contribution in [0.3, 0.4) is 0 Å². The standard InChI is InChI=1S/C24H22N2O4S/c27-19-13-30-20-10-11-26(22(19)20)24(29)18(12-15-6-2-1-3-7-15)25-23(28)17-14-31-21-9-5-4-8-16(17)21/h1-9,14,18,20,22H,10-13H2,(H,25,28). The second-order valence-electron chi connectivity index (χ2n) is 7.94. The molecule has 0 spiro atoms. The number of nitrogens with one attached hydrogen (secondary N) is 1. The fraction of sp³-hybridized carbons (Fsp3) is 0.292. The predicted octanol–water partition coefficient (Wildman–Crippen LogP) is 2.81. The van der Waals surface area contributed by atoms with Gasteiger partial charge in [0.05, 0.1) is 11.7 Å². The van der Waals surface area contributed by atoms with Crippen molar-refractivity contribution >= 4 is 39.0 Å². The molecule has 3 aromatic rings. The number of hydrogen-bond donors (Lipinski definition) is 1. The lowest BCUT2D eigenvalue weighted by atomic mass is 10.0. The van der Waals surface area contributed by atoms with E-state index in [1.165, 1.54) is 11.3 Å². The van der Waals surface area contributed by atoms with Gasteiger partial charge in [-0.05, 0) is 18.1 Å². The van der Waals surface area contributed by atoms with Gasteiger partial charge in [0.25, 0.3) is 5.91 Å². The second-order valence-corrected chi connectivity index (χ2v) is 8.85. The van der Waals surface area contributed by atoms with Crippen LogP contribution in [0.2, 0.25) is 0 Å². The van der Waals surface area contributed by atoms with Crippen LogP contribution in [0.1, 0.15) is 22.3 Å². The fourth-order valence-corrected chi connectivity index (χ4v) is 5.42. The molecule has 3 unspecified atom stereocenters. The van der Waals surface area contributed by atoms with E-state index in [4.69, 9.17) is 4.74 Å². The number of likely N-dealkylation sites (tertiary alicyclic amines) is 1. The fourth-order valence-electron chi connectivity index (χ4n) is 4.48. The van der Waals surface area contributed by atoms with E-state index in [9.17, 15) is 14.4 Å². The Morgan fingerprint density at radius 1 is 1.13 bits per heavy atom. The molecule has 5 rings (SSSR count). The van der Waals surface area contributed by atoms with Crippen molar-refractivity contribution in [2.75, 3.05) is 13.2 Å². The number of nitrogens with zero attached hydrogens (tertiary/aromatic N) is 1. The van der Waals surface area contributed by atoms with Crippen LogP contribution in [-0.2, 0) is 20.7 Å². The number of ketones is 1. The van der Waals surface area contributed by atoms with Crippen molar-refractivity contribution in [1.82, 2.24) is 10.2 Å². The van der Waals surface area contributed by atoms with Crippen molar-refractivity contribution in [3.8, 4) is 0 Å². The number of ether oxygens (including phenoxy) is 1. The summed E-state index contributed by atoms with van der Waals surface area (Å²) in [4.78, 5) is 40.6. The molecule has 2 aliphatic rings. The topological polar surface area (TPSA) is 75.7 Å². The smallest absolute Gasteiger partial charge is 0.253 e. The Morgan fingerprint density at radius 3 is 2.74 bits per heavy atom. The second kappa shape index (κ2) is 8.24. The lowest BCUT2D eigenvalue weighted by Crippen LogP contribution is -2.53. The third-order valence-electron chi connectivity index (χ3n) is 6.01. The van der Waals surface area contributed by atoms with Gasteiger partial charge in [-0.1, -0.05) is 48.5 Å². The molecule has 3 heterocycles. The molecule has 1 N–H and O–H groups in total. The van der Waals surface area contributed by atoms with Crippen molar-refractivity contribution < 1.29 is 19.1 Å². The van der Waals surface area contributed by atoms with E-state index in [2.05, 4.69) is 5.32 Å². The van der Waals surface area contributed by atoms with E-state index >= 15 is 0 Å². The zero-order chi connectivity index (χ0) is 21.4. The molecule has 158 valence electrons. The van der Waals surface area contributed by atoms with Gasteiger partial charge in [0.1, 0.15) is 18.7 Å². The Morgan fingerprint density at radius 2 is 1.90 bits per heavy atom. The quantitative estimate of drug-likeness (QED) is 0.670. The maximum absolute atomic E-state index is 13.5. The number of fused-ring (bicyclic) bond motifs is 2. The van der Waals surface area contributed by atoms with Gasteiger partial charge in [0.2, 0.25) is 5.91 Å². The zero-order valence-electron chi connectivity index (χ0n) is 16.8. The van der Waals surface area contributed by atoms with Crippen LogP contribution in [0.5, 0.6) is 0 Å². The number of rotatable bonds is 5. The molecular weight excluding hydrogens is 412 g/mol. The molecule has 2 fully saturated rings. The molecule has 2 aliphatic heterocycles. The van der Waals surface area contributed by atoms with Crippen LogP contribution in [0.4, 0.5) is 0 Å². The van der Waals surface area contributed by atoms with E-state index in [1.54, 1.807) is 4.90 Å². The van der Waals surface area contributed by atoms with Gasteiger partial charge in [-0.2, -0.15) is 0 Å². The van der Waals surface area contributed by atoms with Crippen molar-refractivity contribution in [2.24, 2.45) is 0 Å². The molecular formula is C24H22N2O4S. The summed E-state index contributed by atoms with van der Waals surface area (Å²) in [5.74, 6) is -0.580. The molecule has 2 amide bonds. The first-order valence-corrected chi connectivity index (χ1v) is 11.3. The highest BCUT2D eigenvalue weighted by Gasteiger charge is 2.48. The summed E-state index contributed by atoms with van der Waals surface area (Å²) in [7, 11) is 0. The maximum Gasteiger partial charge on any atom is 0.253 e. The van der Waals surface area contributed by atoms with Gasteiger partial charge >= 0.3 is 0 Å². The first-order valence-electron chi connectivity index (χ1n) is 10.4. The minimum Gasteiger partial charge on any atom is -0.368 e. The molecule has 31 heavy (non-hydrogen) atoms. The van der Waals surface area contributed by atoms with Crippen LogP contribution in [0, 0.1) is 0 Å². The SMILES string of the molecule is O=C(NC(Cc1ccccc1)C(=O)N1CCC2OCC(=O)C21)c1csc2ccccc12. The van der Waals surface area contributed by atoms with Gasteiger partial charge in [-0.15, -0.1) is 11.3 Å². The van der Waals surface area contributed by atoms with Crippen molar-refractivity contribution in [1.29, 1.82) is 0 Å². The summed E-state index contributed by atoms with van der Waals surface area (Å²) in [6.45, 7) is 0.512. The lowest BCUT2D eigenvalue weighted by Gasteiger charge is -2.27. The number of thiophene rings is 1. The van der Waals surface area contributed by atoms with Gasteiger partial charge in [0, 0.05) is 28.4 Å². The maximum atomic E-state index is 13.5. The van der Waals surface area contributed by atoms with Crippen LogP contribution in [-0.4, -0.2) is 53.8 Å². The van der Waals surface area contributed by atoms with Gasteiger partial charge < -0.3 is 15.0 Å². The van der Waals surface area contributed by atoms with Crippen molar-refractivity contribution in [3.63, 3.8) is 0 Å². The molecule has 7 heteroatoms. The van der Waals surface area contributed by atoms with Crippen LogP contribution in [0.15, 0.2) is 60.0 Å². The van der Waals surface area contributed by atoms with E-state index in [-0.39, 0.29) is 30.3 Å². The molecule has 1 aromatic heterocycles. The van der Waals surface area contributed by atoms with E-state index in [1.807, 2.05) is 60.0 Å². The Bertz CT molecular complexity index is 1140. The molecule has 3 atom stereocenters. The number of amides is 2. The van der Waals surface area contributed by atoms with Crippen LogP contribution >= 0.6 is 11.3 Å². The molecule has 0 radical (unpaired) electrons. The molecule has 2 aromatic carbocycles. The summed E-state index contributed by atoms with van der Waals surface area (Å²) >= 11 is 1.50. The van der Waals surface area contributed by atoms with Gasteiger partial charge in [-0.3, -0.25) is 14.4 Å². The summed E-state index contributed by atoms with van der Waals surface area (Å²) in [5.41, 5.74) is 1.51. The zero-order valence-corrected chi connectivity index (χ0v) is 17.6. The highest BCUT2D eigenvalue weighted by molar-refractivity contribution is 7.17. The Balaban J connectivity index is 1.42. The monoisotopic (exact) mass is 434 g/mol. The number of benzene rings is 2. The number of carbonyl (C=O) groups excluding carboxylic acids is 3. The molecule has 0 saturated carbocycles. The average Bonchev–Trinajstić information content (AvgIpc) is 3.50. The molecule has 2 saturated heterocycles. The third kappa shape index (κ3) is 3.75. The molecule has 0 aliphatic carbocycles. The number of carbonyl (C=O) groups is 3. The van der Waals surface area contributed by atoms with Crippen molar-refractivity contribution in [3.05, 3.63) is 71.1 Å². The largest absolute Gasteiger partial charge is 0.368 e. The molecule has 0 bridgehead atoms. The van der Waals surface area contributed by atoms with Crippen molar-refractivity contribution in [2.45, 2.75) is 31.0 Å². The van der Waals surface area contributed by atoms with Crippen LogP contribution < -0.4 is 5.32 Å². The summed E-state index contributed by atoms with van der Waals surface area (Å²) in [5, 5.41) is 5.65. The van der Waals surface area contributed by atoms with E-state index in [0.29, 0.717) is 24.9 Å². The lowest BCUT2D eigenvalue weighted by molar-refractivity contribution is -0.138. The summed E-state index contributed by atoms with van der Waals surface area (Å²) in [6.07, 6.45) is 0.769.